The third-order valence-corrected chi connectivity index (χ3v) is 4.32. The summed E-state index contributed by atoms with van der Waals surface area (Å²) in [6.45, 7) is 2.02. The van der Waals surface area contributed by atoms with E-state index in [4.69, 9.17) is 9.79 Å². The van der Waals surface area contributed by atoms with E-state index in [1.807, 2.05) is 24.3 Å². The Balaban J connectivity index is 3.69. The number of amides is 1. The molecule has 0 saturated heterocycles. The van der Waals surface area contributed by atoms with Crippen LogP contribution in [0.2, 0.25) is 0 Å². The van der Waals surface area contributed by atoms with E-state index in [1.54, 1.807) is 18.2 Å². The van der Waals surface area contributed by atoms with Crippen LogP contribution in [0.3, 0.4) is 0 Å². The molecule has 6 nitrogen and oxygen atoms in total. The lowest BCUT2D eigenvalue weighted by Crippen LogP contribution is -2.25. The molecule has 0 saturated carbocycles. The van der Waals surface area contributed by atoms with Crippen LogP contribution in [0, 0.1) is 0 Å². The van der Waals surface area contributed by atoms with Gasteiger partial charge in [-0.25, -0.2) is 4.57 Å². The molecule has 7 heteroatoms. The van der Waals surface area contributed by atoms with Crippen LogP contribution in [0.25, 0.3) is 0 Å². The second kappa shape index (κ2) is 19.6. The van der Waals surface area contributed by atoms with Crippen LogP contribution in [0.4, 0.5) is 0 Å². The van der Waals surface area contributed by atoms with E-state index in [0.717, 1.165) is 6.42 Å². The Labute approximate surface area is 175 Å². The highest BCUT2D eigenvalue weighted by Gasteiger charge is 2.12. The van der Waals surface area contributed by atoms with Crippen molar-refractivity contribution in [2.75, 3.05) is 13.2 Å². The molecule has 0 bridgehead atoms. The van der Waals surface area contributed by atoms with Crippen molar-refractivity contribution in [2.45, 2.75) is 58.3 Å². The molecule has 164 valence electrons. The Morgan fingerprint density at radius 1 is 0.862 bits per heavy atom. The van der Waals surface area contributed by atoms with Gasteiger partial charge in [0.05, 0.1) is 6.61 Å². The molecule has 0 fully saturated rings. The molecule has 0 atom stereocenters. The van der Waals surface area contributed by atoms with Gasteiger partial charge in [-0.15, -0.1) is 0 Å². The van der Waals surface area contributed by atoms with Crippen LogP contribution in [-0.4, -0.2) is 28.8 Å². The number of nitrogens with one attached hydrogen (secondary N) is 1. The highest BCUT2D eigenvalue weighted by Crippen LogP contribution is 2.35. The molecule has 0 aliphatic rings. The van der Waals surface area contributed by atoms with Gasteiger partial charge in [-0.2, -0.15) is 0 Å². The molecule has 0 spiro atoms. The van der Waals surface area contributed by atoms with Gasteiger partial charge < -0.3 is 15.1 Å². The molecule has 0 radical (unpaired) electrons. The first-order valence-electron chi connectivity index (χ1n) is 10.3. The minimum Gasteiger partial charge on any atom is -0.350 e. The number of unbranched alkanes of at least 4 members (excludes halogenated alkanes) is 7. The normalized spacial score (nSPS) is 13.1. The highest BCUT2D eigenvalue weighted by atomic mass is 31.2. The third kappa shape index (κ3) is 24.2. The summed E-state index contributed by atoms with van der Waals surface area (Å²) >= 11 is 0. The van der Waals surface area contributed by atoms with Gasteiger partial charge in [0.25, 0.3) is 0 Å². The Kier molecular flexibility index (Phi) is 18.4. The van der Waals surface area contributed by atoms with Gasteiger partial charge in [0.15, 0.2) is 0 Å². The van der Waals surface area contributed by atoms with Gasteiger partial charge in [-0.1, -0.05) is 100 Å². The molecule has 1 amide bonds. The van der Waals surface area contributed by atoms with Crippen LogP contribution >= 0.6 is 7.82 Å². The van der Waals surface area contributed by atoms with E-state index >= 15 is 0 Å². The first-order valence-corrected chi connectivity index (χ1v) is 11.8. The van der Waals surface area contributed by atoms with Crippen LogP contribution in [0.1, 0.15) is 58.3 Å². The molecule has 0 aliphatic carbocycles. The van der Waals surface area contributed by atoms with E-state index < -0.39 is 7.82 Å². The zero-order valence-electron chi connectivity index (χ0n) is 17.4. The van der Waals surface area contributed by atoms with Crippen molar-refractivity contribution in [3.63, 3.8) is 0 Å². The van der Waals surface area contributed by atoms with E-state index in [-0.39, 0.29) is 19.1 Å². The maximum absolute atomic E-state index is 11.4. The lowest BCUT2D eigenvalue weighted by molar-refractivity contribution is -0.116. The van der Waals surface area contributed by atoms with Crippen LogP contribution in [0.5, 0.6) is 0 Å². The average Bonchev–Trinajstić information content (AvgIpc) is 2.67. The van der Waals surface area contributed by atoms with Gasteiger partial charge >= 0.3 is 7.82 Å². The minimum atomic E-state index is -4.48. The van der Waals surface area contributed by atoms with Crippen molar-refractivity contribution in [3.8, 4) is 0 Å². The van der Waals surface area contributed by atoms with Crippen LogP contribution in [0.15, 0.2) is 60.8 Å². The van der Waals surface area contributed by atoms with Crippen molar-refractivity contribution in [2.24, 2.45) is 0 Å². The molecule has 0 unspecified atom stereocenters. The van der Waals surface area contributed by atoms with E-state index in [1.165, 1.54) is 51.0 Å². The molecule has 0 heterocycles. The lowest BCUT2D eigenvalue weighted by atomic mass is 10.1. The number of phosphoric ester groups is 1. The largest absolute Gasteiger partial charge is 0.469 e. The highest BCUT2D eigenvalue weighted by molar-refractivity contribution is 7.46. The van der Waals surface area contributed by atoms with Crippen molar-refractivity contribution in [1.29, 1.82) is 0 Å². The van der Waals surface area contributed by atoms with E-state index in [2.05, 4.69) is 28.9 Å². The van der Waals surface area contributed by atoms with E-state index in [9.17, 15) is 9.36 Å². The second-order valence-electron chi connectivity index (χ2n) is 6.47. The SMILES string of the molecule is CCCCCCCCCC=CC=CC=CC=CC=CC(=O)NCCOP(=O)(O)O. The summed E-state index contributed by atoms with van der Waals surface area (Å²) in [5.74, 6) is -0.362. The van der Waals surface area contributed by atoms with Crippen molar-refractivity contribution in [3.05, 3.63) is 60.8 Å². The summed E-state index contributed by atoms with van der Waals surface area (Å²) < 4.78 is 14.7. The Hall–Kier alpha value is -1.72. The predicted octanol–water partition coefficient (Wildman–Crippen LogP) is 5.13. The maximum Gasteiger partial charge on any atom is 0.469 e. The number of hydrogen-bond donors (Lipinski definition) is 3. The number of carbonyl (C=O) groups excluding carboxylic acids is 1. The van der Waals surface area contributed by atoms with Crippen LogP contribution in [-0.2, 0) is 13.9 Å². The predicted molar refractivity (Wildman–Crippen MR) is 119 cm³/mol. The zero-order chi connectivity index (χ0) is 21.6. The first-order chi connectivity index (χ1) is 14.0. The topological polar surface area (TPSA) is 95.9 Å². The van der Waals surface area contributed by atoms with Crippen LogP contribution < -0.4 is 5.32 Å². The molecule has 29 heavy (non-hydrogen) atoms. The Morgan fingerprint density at radius 2 is 1.41 bits per heavy atom. The first kappa shape index (κ1) is 27.3. The number of hydrogen-bond acceptors (Lipinski definition) is 3. The fourth-order valence-electron chi connectivity index (χ4n) is 2.32. The number of carbonyl (C=O) groups is 1. The van der Waals surface area contributed by atoms with Crippen molar-refractivity contribution >= 4 is 13.7 Å². The quantitative estimate of drug-likeness (QED) is 0.130. The summed E-state index contributed by atoms with van der Waals surface area (Å²) in [5.41, 5.74) is 0. The number of rotatable bonds is 17. The molecule has 0 aromatic heterocycles. The zero-order valence-corrected chi connectivity index (χ0v) is 18.3. The fraction of sp³-hybridized carbons (Fsp3) is 0.500. The Bertz CT molecular complexity index is 602. The molecular formula is C22H36NO5P. The molecule has 0 aliphatic heterocycles. The number of phosphoric acid groups is 1. The average molecular weight is 426 g/mol. The minimum absolute atomic E-state index is 0.0230. The Morgan fingerprint density at radius 3 is 2.03 bits per heavy atom. The lowest BCUT2D eigenvalue weighted by Gasteiger charge is -2.04. The summed E-state index contributed by atoms with van der Waals surface area (Å²) in [6, 6.07) is 0. The van der Waals surface area contributed by atoms with Crippen molar-refractivity contribution < 1.29 is 23.7 Å². The van der Waals surface area contributed by atoms with Gasteiger partial charge in [-0.3, -0.25) is 9.32 Å². The van der Waals surface area contributed by atoms with Gasteiger partial charge in [0, 0.05) is 12.6 Å². The maximum atomic E-state index is 11.4. The van der Waals surface area contributed by atoms with E-state index in [0.29, 0.717) is 0 Å². The number of allylic oxidation sites excluding steroid dienone is 9. The summed E-state index contributed by atoms with van der Waals surface area (Å²) in [5, 5.41) is 2.45. The smallest absolute Gasteiger partial charge is 0.350 e. The van der Waals surface area contributed by atoms with Gasteiger partial charge in [-0.05, 0) is 12.8 Å². The molecule has 0 aromatic rings. The van der Waals surface area contributed by atoms with Gasteiger partial charge in [0.2, 0.25) is 5.91 Å². The standard InChI is InChI=1S/C22H36NO5P/c1-2-3-4-5-6-7-8-9-10-11-12-13-14-15-16-17-18-19-22(24)23-20-21-28-29(25,26)27/h10-19H,2-9,20-21H2,1H3,(H,23,24)(H2,25,26,27). The van der Waals surface area contributed by atoms with Gasteiger partial charge in [0.1, 0.15) is 0 Å². The summed E-state index contributed by atoms with van der Waals surface area (Å²) in [6.07, 6.45) is 28.8. The van der Waals surface area contributed by atoms with Crippen molar-refractivity contribution in [1.82, 2.24) is 5.32 Å². The summed E-state index contributed by atoms with van der Waals surface area (Å²) in [4.78, 5) is 28.4. The molecule has 0 rings (SSSR count). The molecular weight excluding hydrogens is 389 g/mol. The molecule has 0 aromatic carbocycles. The fourth-order valence-corrected chi connectivity index (χ4v) is 2.65. The third-order valence-electron chi connectivity index (χ3n) is 3.80. The molecule has 3 N–H and O–H groups in total. The summed E-state index contributed by atoms with van der Waals surface area (Å²) in [7, 11) is -4.48. The monoisotopic (exact) mass is 425 g/mol. The second-order valence-corrected chi connectivity index (χ2v) is 7.71.